The van der Waals surface area contributed by atoms with Crippen molar-refractivity contribution in [1.82, 2.24) is 4.31 Å². The number of aromatic amines is 1. The molecule has 0 unspecified atom stereocenters. The molecule has 1 aliphatic rings. The summed E-state index contributed by atoms with van der Waals surface area (Å²) in [6.07, 6.45) is 3.52. The lowest BCUT2D eigenvalue weighted by atomic mass is 10.2. The van der Waals surface area contributed by atoms with Gasteiger partial charge in [-0.1, -0.05) is 36.4 Å². The van der Waals surface area contributed by atoms with E-state index in [1.54, 1.807) is 6.08 Å². The molecule has 0 amide bonds. The third kappa shape index (κ3) is 3.97. The van der Waals surface area contributed by atoms with Crippen LogP contribution in [0.25, 0.3) is 6.08 Å². The second-order valence-electron chi connectivity index (χ2n) is 5.39. The van der Waals surface area contributed by atoms with Crippen molar-refractivity contribution >= 4 is 21.9 Å². The van der Waals surface area contributed by atoms with Gasteiger partial charge in [0, 0.05) is 11.5 Å². The highest BCUT2D eigenvalue weighted by Gasteiger charge is 2.28. The molecule has 1 aromatic carbocycles. The zero-order valence-corrected chi connectivity index (χ0v) is 13.6. The van der Waals surface area contributed by atoms with E-state index in [0.717, 1.165) is 11.4 Å². The van der Waals surface area contributed by atoms with Crippen LogP contribution in [0.15, 0.2) is 60.1 Å². The normalized spacial score (nSPS) is 16.8. The Hall–Kier alpha value is -2.18. The summed E-state index contributed by atoms with van der Waals surface area (Å²) >= 11 is 0. The van der Waals surface area contributed by atoms with Gasteiger partial charge in [-0.2, -0.15) is 4.31 Å². The number of nitrogens with one attached hydrogen (secondary N) is 1. The maximum absolute atomic E-state index is 12.4. The molecule has 0 spiro atoms. The standard InChI is InChI=1S/C17H19N3O2S/c21-23(22,15-9-16-6-2-1-3-7-16)20-13-11-19(12-14-20)17-8-4-5-10-18-17/h1-10,15H,11-14H2/p+1/b15-9+. The summed E-state index contributed by atoms with van der Waals surface area (Å²) in [5.41, 5.74) is 0.883. The quantitative estimate of drug-likeness (QED) is 0.856. The lowest BCUT2D eigenvalue weighted by Crippen LogP contribution is -2.49. The van der Waals surface area contributed by atoms with Gasteiger partial charge in [-0.05, 0) is 17.7 Å². The average Bonchev–Trinajstić information content (AvgIpc) is 2.62. The van der Waals surface area contributed by atoms with E-state index in [9.17, 15) is 8.42 Å². The van der Waals surface area contributed by atoms with Gasteiger partial charge in [0.05, 0.1) is 32.4 Å². The van der Waals surface area contributed by atoms with Crippen molar-refractivity contribution in [3.05, 3.63) is 65.7 Å². The molecule has 0 atom stereocenters. The van der Waals surface area contributed by atoms with Crippen molar-refractivity contribution in [2.24, 2.45) is 0 Å². The fourth-order valence-corrected chi connectivity index (χ4v) is 3.75. The predicted octanol–water partition coefficient (Wildman–Crippen LogP) is 1.62. The third-order valence-electron chi connectivity index (χ3n) is 3.86. The summed E-state index contributed by atoms with van der Waals surface area (Å²) < 4.78 is 26.4. The molecule has 0 bridgehead atoms. The van der Waals surface area contributed by atoms with Gasteiger partial charge in [-0.25, -0.2) is 13.4 Å². The van der Waals surface area contributed by atoms with E-state index >= 15 is 0 Å². The Morgan fingerprint density at radius 3 is 2.26 bits per heavy atom. The van der Waals surface area contributed by atoms with Crippen LogP contribution >= 0.6 is 0 Å². The fourth-order valence-electron chi connectivity index (χ4n) is 2.58. The Morgan fingerprint density at radius 1 is 0.913 bits per heavy atom. The molecular weight excluding hydrogens is 310 g/mol. The summed E-state index contributed by atoms with van der Waals surface area (Å²) in [5, 5.41) is 1.30. The molecule has 3 rings (SSSR count). The molecule has 1 aromatic heterocycles. The molecule has 0 aliphatic carbocycles. The first-order valence-electron chi connectivity index (χ1n) is 7.60. The van der Waals surface area contributed by atoms with E-state index in [1.807, 2.05) is 54.7 Å². The van der Waals surface area contributed by atoms with Gasteiger partial charge < -0.3 is 0 Å². The summed E-state index contributed by atoms with van der Waals surface area (Å²) in [5.74, 6) is 1.02. The van der Waals surface area contributed by atoms with Gasteiger partial charge in [-0.3, -0.25) is 4.90 Å². The molecule has 2 aromatic rings. The maximum atomic E-state index is 12.4. The number of H-pyrrole nitrogens is 1. The Kier molecular flexibility index (Phi) is 4.73. The van der Waals surface area contributed by atoms with Crippen LogP contribution in [0.4, 0.5) is 5.82 Å². The number of anilines is 1. The van der Waals surface area contributed by atoms with Gasteiger partial charge >= 0.3 is 0 Å². The topological polar surface area (TPSA) is 54.8 Å². The number of rotatable bonds is 4. The van der Waals surface area contributed by atoms with Gasteiger partial charge in [0.25, 0.3) is 5.82 Å². The van der Waals surface area contributed by atoms with E-state index in [-0.39, 0.29) is 0 Å². The first-order chi connectivity index (χ1) is 11.1. The van der Waals surface area contributed by atoms with Crippen LogP contribution in [-0.4, -0.2) is 38.9 Å². The number of benzene rings is 1. The van der Waals surface area contributed by atoms with Crippen LogP contribution in [-0.2, 0) is 10.0 Å². The highest BCUT2D eigenvalue weighted by atomic mass is 32.2. The van der Waals surface area contributed by atoms with Crippen LogP contribution in [0.5, 0.6) is 0 Å². The van der Waals surface area contributed by atoms with E-state index in [2.05, 4.69) is 9.88 Å². The molecule has 23 heavy (non-hydrogen) atoms. The molecule has 6 heteroatoms. The van der Waals surface area contributed by atoms with Crippen molar-refractivity contribution in [2.45, 2.75) is 0 Å². The fraction of sp³-hybridized carbons (Fsp3) is 0.235. The third-order valence-corrected chi connectivity index (χ3v) is 5.43. The Bertz CT molecular complexity index is 753. The second-order valence-corrected chi connectivity index (χ2v) is 7.21. The lowest BCUT2D eigenvalue weighted by molar-refractivity contribution is -0.364. The SMILES string of the molecule is O=S(=O)(/C=C/c1ccccc1)N1CCN(c2cccc[nH+]2)CC1. The summed E-state index contributed by atoms with van der Waals surface area (Å²) in [7, 11) is -3.37. The monoisotopic (exact) mass is 330 g/mol. The number of hydrogen-bond acceptors (Lipinski definition) is 3. The largest absolute Gasteiger partial charge is 0.274 e. The minimum Gasteiger partial charge on any atom is -0.259 e. The lowest BCUT2D eigenvalue weighted by Gasteiger charge is -2.29. The average molecular weight is 330 g/mol. The van der Waals surface area contributed by atoms with Gasteiger partial charge in [0.2, 0.25) is 10.0 Å². The number of sulfonamides is 1. The zero-order chi connectivity index (χ0) is 16.1. The van der Waals surface area contributed by atoms with Crippen LogP contribution in [0.3, 0.4) is 0 Å². The van der Waals surface area contributed by atoms with Crippen molar-refractivity contribution in [2.75, 3.05) is 31.1 Å². The van der Waals surface area contributed by atoms with Crippen LogP contribution in [0.2, 0.25) is 0 Å². The second kappa shape index (κ2) is 6.93. The summed E-state index contributed by atoms with van der Waals surface area (Å²) in [6.45, 7) is 2.34. The van der Waals surface area contributed by atoms with Crippen LogP contribution < -0.4 is 9.88 Å². The van der Waals surface area contributed by atoms with Gasteiger partial charge in [0.1, 0.15) is 0 Å². The highest BCUT2D eigenvalue weighted by Crippen LogP contribution is 2.14. The highest BCUT2D eigenvalue weighted by molar-refractivity contribution is 7.92. The van der Waals surface area contributed by atoms with Gasteiger partial charge in [-0.15, -0.1) is 0 Å². The maximum Gasteiger partial charge on any atom is 0.274 e. The van der Waals surface area contributed by atoms with E-state index in [1.165, 1.54) is 9.71 Å². The number of nitrogens with zero attached hydrogens (tertiary/aromatic N) is 2. The number of aromatic nitrogens is 1. The molecule has 0 saturated carbocycles. The molecule has 0 radical (unpaired) electrons. The minimum atomic E-state index is -3.37. The smallest absolute Gasteiger partial charge is 0.259 e. The van der Waals surface area contributed by atoms with Crippen LogP contribution in [0.1, 0.15) is 5.56 Å². The molecular formula is C17H20N3O2S+. The zero-order valence-electron chi connectivity index (χ0n) is 12.8. The molecule has 120 valence electrons. The molecule has 1 aliphatic heterocycles. The molecule has 1 saturated heterocycles. The molecule has 1 fully saturated rings. The van der Waals surface area contributed by atoms with Crippen LogP contribution in [0, 0.1) is 0 Å². The van der Waals surface area contributed by atoms with E-state index in [4.69, 9.17) is 0 Å². The number of piperazine rings is 1. The Balaban J connectivity index is 1.63. The first-order valence-corrected chi connectivity index (χ1v) is 9.10. The summed E-state index contributed by atoms with van der Waals surface area (Å²) in [6, 6.07) is 15.4. The molecule has 5 nitrogen and oxygen atoms in total. The van der Waals surface area contributed by atoms with Crippen molar-refractivity contribution < 1.29 is 13.4 Å². The summed E-state index contributed by atoms with van der Waals surface area (Å²) in [4.78, 5) is 5.34. The molecule has 2 heterocycles. The van der Waals surface area contributed by atoms with Gasteiger partial charge in [0.15, 0.2) is 0 Å². The first kappa shape index (κ1) is 15.7. The predicted molar refractivity (Wildman–Crippen MR) is 91.2 cm³/mol. The number of pyridine rings is 1. The number of hydrogen-bond donors (Lipinski definition) is 0. The van der Waals surface area contributed by atoms with Crippen molar-refractivity contribution in [3.8, 4) is 0 Å². The van der Waals surface area contributed by atoms with E-state index in [0.29, 0.717) is 26.2 Å². The van der Waals surface area contributed by atoms with Crippen molar-refractivity contribution in [3.63, 3.8) is 0 Å². The Morgan fingerprint density at radius 2 is 1.61 bits per heavy atom. The minimum absolute atomic E-state index is 0.490. The van der Waals surface area contributed by atoms with E-state index < -0.39 is 10.0 Å². The van der Waals surface area contributed by atoms with Crippen molar-refractivity contribution in [1.29, 1.82) is 0 Å². The molecule has 1 N–H and O–H groups in total. The Labute approximate surface area is 136 Å².